The van der Waals surface area contributed by atoms with E-state index in [0.717, 1.165) is 6.42 Å². The van der Waals surface area contributed by atoms with Gasteiger partial charge in [0.15, 0.2) is 0 Å². The summed E-state index contributed by atoms with van der Waals surface area (Å²) in [5.74, 6) is -0.987. The van der Waals surface area contributed by atoms with Crippen LogP contribution in [0.5, 0.6) is 0 Å². The summed E-state index contributed by atoms with van der Waals surface area (Å²) in [5, 5.41) is 11.7. The summed E-state index contributed by atoms with van der Waals surface area (Å²) < 4.78 is 5.23. The zero-order chi connectivity index (χ0) is 13.1. The number of aliphatic carboxylic acids is 1. The number of carbonyl (C=O) groups is 2. The van der Waals surface area contributed by atoms with E-state index in [9.17, 15) is 9.59 Å². The zero-order valence-corrected chi connectivity index (χ0v) is 10.2. The van der Waals surface area contributed by atoms with Gasteiger partial charge >= 0.3 is 5.97 Å². The van der Waals surface area contributed by atoms with E-state index in [2.05, 4.69) is 10.3 Å². The molecule has 0 unspecified atom stereocenters. The average molecular weight is 252 g/mol. The van der Waals surface area contributed by atoms with Gasteiger partial charge in [-0.3, -0.25) is 9.59 Å². The van der Waals surface area contributed by atoms with Crippen molar-refractivity contribution in [2.75, 3.05) is 0 Å². The Morgan fingerprint density at radius 3 is 2.83 bits per heavy atom. The quantitative estimate of drug-likeness (QED) is 0.837. The van der Waals surface area contributed by atoms with Crippen molar-refractivity contribution in [3.63, 3.8) is 0 Å². The predicted octanol–water partition coefficient (Wildman–Crippen LogP) is 1.10. The van der Waals surface area contributed by atoms with Crippen molar-refractivity contribution >= 4 is 11.9 Å². The molecule has 0 saturated heterocycles. The molecule has 0 spiro atoms. The van der Waals surface area contributed by atoms with Gasteiger partial charge in [-0.05, 0) is 19.8 Å². The molecule has 2 N–H and O–H groups in total. The second-order valence-corrected chi connectivity index (χ2v) is 4.56. The molecule has 6 nitrogen and oxygen atoms in total. The Morgan fingerprint density at radius 1 is 1.50 bits per heavy atom. The van der Waals surface area contributed by atoms with Crippen LogP contribution in [0, 0.1) is 18.8 Å². The molecule has 2 atom stereocenters. The lowest BCUT2D eigenvalue weighted by molar-refractivity contribution is -0.146. The van der Waals surface area contributed by atoms with Crippen molar-refractivity contribution < 1.29 is 19.1 Å². The minimum absolute atomic E-state index is 0.204. The fraction of sp³-hybridized carbons (Fsp3) is 0.583. The van der Waals surface area contributed by atoms with E-state index in [-0.39, 0.29) is 12.5 Å². The summed E-state index contributed by atoms with van der Waals surface area (Å²) in [5.41, 5.74) is 0. The molecule has 0 aliphatic heterocycles. The van der Waals surface area contributed by atoms with Gasteiger partial charge in [0.2, 0.25) is 11.8 Å². The van der Waals surface area contributed by atoms with Crippen LogP contribution in [0.15, 0.2) is 10.6 Å². The van der Waals surface area contributed by atoms with Gasteiger partial charge in [-0.2, -0.15) is 0 Å². The Balaban J connectivity index is 1.89. The number of hydrogen-bond acceptors (Lipinski definition) is 4. The second-order valence-electron chi connectivity index (χ2n) is 4.56. The van der Waals surface area contributed by atoms with Gasteiger partial charge < -0.3 is 14.8 Å². The van der Waals surface area contributed by atoms with E-state index in [1.807, 2.05) is 0 Å². The van der Waals surface area contributed by atoms with Crippen LogP contribution in [0.1, 0.15) is 30.9 Å². The first-order valence-corrected chi connectivity index (χ1v) is 5.99. The fourth-order valence-electron chi connectivity index (χ4n) is 2.35. The smallest absolute Gasteiger partial charge is 0.307 e. The number of carboxylic acid groups (broad SMARTS) is 1. The molecular formula is C12H16N2O4. The lowest BCUT2D eigenvalue weighted by Gasteiger charge is -2.14. The maximum absolute atomic E-state index is 11.9. The molecule has 1 aliphatic rings. The van der Waals surface area contributed by atoms with Gasteiger partial charge in [0.25, 0.3) is 0 Å². The molecule has 1 aromatic rings. The molecule has 1 amide bonds. The number of oxazole rings is 1. The largest absolute Gasteiger partial charge is 0.481 e. The molecule has 6 heteroatoms. The summed E-state index contributed by atoms with van der Waals surface area (Å²) in [4.78, 5) is 26.9. The van der Waals surface area contributed by atoms with Crippen LogP contribution in [-0.2, 0) is 16.1 Å². The number of carbonyl (C=O) groups excluding carboxylic acids is 1. The molecule has 1 heterocycles. The molecule has 98 valence electrons. The molecule has 1 aliphatic carbocycles. The van der Waals surface area contributed by atoms with Crippen molar-refractivity contribution in [2.45, 2.75) is 32.7 Å². The second kappa shape index (κ2) is 5.20. The van der Waals surface area contributed by atoms with Gasteiger partial charge in [0.1, 0.15) is 5.76 Å². The SMILES string of the molecule is Cc1cnc(CNC(=O)[C@@H]2CCC[C@@H]2C(=O)O)o1. The minimum Gasteiger partial charge on any atom is -0.481 e. The van der Waals surface area contributed by atoms with Gasteiger partial charge in [-0.25, -0.2) is 4.98 Å². The van der Waals surface area contributed by atoms with E-state index < -0.39 is 17.8 Å². The van der Waals surface area contributed by atoms with Crippen molar-refractivity contribution in [2.24, 2.45) is 11.8 Å². The van der Waals surface area contributed by atoms with Crippen molar-refractivity contribution in [3.05, 3.63) is 17.8 Å². The number of rotatable bonds is 4. The van der Waals surface area contributed by atoms with Crippen LogP contribution in [0.3, 0.4) is 0 Å². The first-order chi connectivity index (χ1) is 8.58. The molecule has 0 aromatic carbocycles. The van der Waals surface area contributed by atoms with Crippen molar-refractivity contribution in [1.29, 1.82) is 0 Å². The van der Waals surface area contributed by atoms with Crippen LogP contribution in [-0.4, -0.2) is 22.0 Å². The van der Waals surface area contributed by atoms with E-state index in [0.29, 0.717) is 24.5 Å². The number of nitrogens with zero attached hydrogens (tertiary/aromatic N) is 1. The molecule has 0 radical (unpaired) electrons. The number of carboxylic acids is 1. The van der Waals surface area contributed by atoms with E-state index >= 15 is 0 Å². The van der Waals surface area contributed by atoms with Crippen molar-refractivity contribution in [3.8, 4) is 0 Å². The Labute approximate surface area is 104 Å². The molecular weight excluding hydrogens is 236 g/mol. The van der Waals surface area contributed by atoms with E-state index in [4.69, 9.17) is 9.52 Å². The summed E-state index contributed by atoms with van der Waals surface area (Å²) in [6, 6.07) is 0. The molecule has 0 bridgehead atoms. The minimum atomic E-state index is -0.889. The van der Waals surface area contributed by atoms with E-state index in [1.54, 1.807) is 13.1 Å². The van der Waals surface area contributed by atoms with Gasteiger partial charge in [0.05, 0.1) is 24.6 Å². The third-order valence-electron chi connectivity index (χ3n) is 3.25. The zero-order valence-electron chi connectivity index (χ0n) is 10.2. The summed E-state index contributed by atoms with van der Waals surface area (Å²) in [6.45, 7) is 1.98. The summed E-state index contributed by atoms with van der Waals surface area (Å²) in [6.07, 6.45) is 3.57. The number of aromatic nitrogens is 1. The number of nitrogens with one attached hydrogen (secondary N) is 1. The highest BCUT2D eigenvalue weighted by Crippen LogP contribution is 2.32. The number of hydrogen-bond donors (Lipinski definition) is 2. The van der Waals surface area contributed by atoms with Crippen molar-refractivity contribution in [1.82, 2.24) is 10.3 Å². The van der Waals surface area contributed by atoms with Crippen LogP contribution in [0.25, 0.3) is 0 Å². The Morgan fingerprint density at radius 2 is 2.22 bits per heavy atom. The van der Waals surface area contributed by atoms with Gasteiger partial charge in [0, 0.05) is 0 Å². The topological polar surface area (TPSA) is 92.4 Å². The van der Waals surface area contributed by atoms with E-state index in [1.165, 1.54) is 0 Å². The molecule has 1 saturated carbocycles. The standard InChI is InChI=1S/C12H16N2O4/c1-7-5-13-10(18-7)6-14-11(15)8-3-2-4-9(8)12(16)17/h5,8-9H,2-4,6H2,1H3,(H,14,15)(H,16,17)/t8-,9+/m1/s1. The summed E-state index contributed by atoms with van der Waals surface area (Å²) >= 11 is 0. The van der Waals surface area contributed by atoms with Gasteiger partial charge in [-0.15, -0.1) is 0 Å². The molecule has 18 heavy (non-hydrogen) atoms. The average Bonchev–Trinajstić information content (AvgIpc) is 2.94. The fourth-order valence-corrected chi connectivity index (χ4v) is 2.35. The third kappa shape index (κ3) is 2.69. The molecule has 2 rings (SSSR count). The molecule has 1 aromatic heterocycles. The Kier molecular flexibility index (Phi) is 3.64. The maximum Gasteiger partial charge on any atom is 0.307 e. The predicted molar refractivity (Wildman–Crippen MR) is 61.6 cm³/mol. The van der Waals surface area contributed by atoms with Crippen LogP contribution in [0.4, 0.5) is 0 Å². The number of amides is 1. The third-order valence-corrected chi connectivity index (χ3v) is 3.25. The van der Waals surface area contributed by atoms with Gasteiger partial charge in [-0.1, -0.05) is 6.42 Å². The first kappa shape index (κ1) is 12.6. The van der Waals surface area contributed by atoms with Crippen LogP contribution in [0.2, 0.25) is 0 Å². The normalized spacial score (nSPS) is 22.9. The lowest BCUT2D eigenvalue weighted by Crippen LogP contribution is -2.34. The highest BCUT2D eigenvalue weighted by Gasteiger charge is 2.37. The van der Waals surface area contributed by atoms with Crippen LogP contribution < -0.4 is 5.32 Å². The lowest BCUT2D eigenvalue weighted by atomic mass is 9.95. The Hall–Kier alpha value is -1.85. The maximum atomic E-state index is 11.9. The Bertz CT molecular complexity index is 455. The van der Waals surface area contributed by atoms with Crippen LogP contribution >= 0.6 is 0 Å². The number of aryl methyl sites for hydroxylation is 1. The summed E-state index contributed by atoms with van der Waals surface area (Å²) in [7, 11) is 0. The highest BCUT2D eigenvalue weighted by atomic mass is 16.4. The monoisotopic (exact) mass is 252 g/mol. The first-order valence-electron chi connectivity index (χ1n) is 5.99. The molecule has 1 fully saturated rings. The highest BCUT2D eigenvalue weighted by molar-refractivity contribution is 5.85.